The normalized spacial score (nSPS) is 27.6. The minimum atomic E-state index is -0.312. The van der Waals surface area contributed by atoms with Gasteiger partial charge in [-0.2, -0.15) is 0 Å². The Labute approximate surface area is 128 Å². The highest BCUT2D eigenvalue weighted by Gasteiger charge is 2.28. The van der Waals surface area contributed by atoms with Crippen molar-refractivity contribution in [3.05, 3.63) is 29.8 Å². The fraction of sp³-hybridized carbons (Fsp3) is 0.684. The van der Waals surface area contributed by atoms with Gasteiger partial charge in [0.15, 0.2) is 0 Å². The second kappa shape index (κ2) is 6.39. The van der Waals surface area contributed by atoms with Crippen molar-refractivity contribution < 1.29 is 9.84 Å². The number of aliphatic hydroxyl groups is 1. The van der Waals surface area contributed by atoms with Crippen LogP contribution in [-0.4, -0.2) is 11.2 Å². The maximum absolute atomic E-state index is 10.6. The molecule has 21 heavy (non-hydrogen) atoms. The average molecular weight is 288 g/mol. The summed E-state index contributed by atoms with van der Waals surface area (Å²) in [5.74, 6) is 3.00. The maximum Gasteiger partial charge on any atom is 0.119 e. The van der Waals surface area contributed by atoms with E-state index in [1.54, 1.807) is 0 Å². The van der Waals surface area contributed by atoms with E-state index in [1.807, 2.05) is 24.3 Å². The number of benzene rings is 1. The second-order valence-corrected chi connectivity index (χ2v) is 7.25. The van der Waals surface area contributed by atoms with Gasteiger partial charge in [-0.1, -0.05) is 26.0 Å². The van der Waals surface area contributed by atoms with Gasteiger partial charge in [-0.15, -0.1) is 0 Å². The molecule has 0 saturated heterocycles. The Morgan fingerprint density at radius 3 is 2.00 bits per heavy atom. The van der Waals surface area contributed by atoms with Crippen LogP contribution in [0, 0.1) is 17.8 Å². The van der Waals surface area contributed by atoms with Crippen LogP contribution in [-0.2, 0) is 0 Å². The van der Waals surface area contributed by atoms with E-state index in [-0.39, 0.29) is 6.10 Å². The van der Waals surface area contributed by atoms with Gasteiger partial charge in [0.1, 0.15) is 5.75 Å². The molecule has 0 radical (unpaired) electrons. The lowest BCUT2D eigenvalue weighted by atomic mass is 9.74. The van der Waals surface area contributed by atoms with E-state index in [4.69, 9.17) is 4.74 Å². The van der Waals surface area contributed by atoms with E-state index in [2.05, 4.69) is 13.8 Å². The number of rotatable bonds is 5. The summed E-state index contributed by atoms with van der Waals surface area (Å²) in [5.41, 5.74) is 1.05. The zero-order valence-corrected chi connectivity index (χ0v) is 13.3. The predicted octanol–water partition coefficient (Wildman–Crippen LogP) is 4.72. The molecule has 0 amide bonds. The van der Waals surface area contributed by atoms with Crippen LogP contribution in [0.5, 0.6) is 5.75 Å². The van der Waals surface area contributed by atoms with Crippen LogP contribution in [0.1, 0.15) is 64.0 Å². The van der Waals surface area contributed by atoms with Gasteiger partial charge in [0.25, 0.3) is 0 Å². The Hall–Kier alpha value is -1.02. The molecule has 1 aromatic carbocycles. The molecule has 0 aromatic heterocycles. The lowest BCUT2D eigenvalue weighted by Crippen LogP contribution is -2.23. The molecule has 3 rings (SSSR count). The van der Waals surface area contributed by atoms with Gasteiger partial charge in [0, 0.05) is 0 Å². The molecule has 0 spiro atoms. The van der Waals surface area contributed by atoms with Crippen molar-refractivity contribution >= 4 is 0 Å². The van der Waals surface area contributed by atoms with Crippen LogP contribution in [0.2, 0.25) is 0 Å². The van der Waals surface area contributed by atoms with Crippen molar-refractivity contribution in [1.82, 2.24) is 0 Å². The zero-order chi connectivity index (χ0) is 14.8. The third-order valence-corrected chi connectivity index (χ3v) is 5.25. The molecule has 1 N–H and O–H groups in total. The van der Waals surface area contributed by atoms with E-state index in [0.717, 1.165) is 36.0 Å². The second-order valence-electron chi connectivity index (χ2n) is 7.25. The molecular weight excluding hydrogens is 260 g/mol. The minimum Gasteiger partial charge on any atom is -0.490 e. The van der Waals surface area contributed by atoms with Gasteiger partial charge in [-0.25, -0.2) is 0 Å². The van der Waals surface area contributed by atoms with E-state index < -0.39 is 0 Å². The molecule has 1 aromatic rings. The van der Waals surface area contributed by atoms with E-state index >= 15 is 0 Å². The van der Waals surface area contributed by atoms with Crippen molar-refractivity contribution in [2.24, 2.45) is 17.8 Å². The Morgan fingerprint density at radius 1 is 0.905 bits per heavy atom. The summed E-state index contributed by atoms with van der Waals surface area (Å²) in [6.45, 7) is 4.64. The third kappa shape index (κ3) is 3.79. The van der Waals surface area contributed by atoms with Crippen molar-refractivity contribution in [2.45, 2.75) is 64.6 Å². The number of ether oxygens (including phenoxy) is 1. The summed E-state index contributed by atoms with van der Waals surface area (Å²) in [4.78, 5) is 0. The van der Waals surface area contributed by atoms with Crippen molar-refractivity contribution in [1.29, 1.82) is 0 Å². The summed E-state index contributed by atoms with van der Waals surface area (Å²) in [7, 11) is 0. The standard InChI is InChI=1S/C19H28O2/c1-13(2)14-3-5-15(6-4-14)19(20)16-7-9-17(10-8-16)21-18-11-12-18/h7-10,13-15,18-20H,3-6,11-12H2,1-2H3. The average Bonchev–Trinajstić information content (AvgIpc) is 3.31. The number of hydrogen-bond acceptors (Lipinski definition) is 2. The molecule has 1 atom stereocenters. The molecule has 2 saturated carbocycles. The first-order valence-corrected chi connectivity index (χ1v) is 8.58. The number of hydrogen-bond donors (Lipinski definition) is 1. The summed E-state index contributed by atoms with van der Waals surface area (Å²) < 4.78 is 5.76. The van der Waals surface area contributed by atoms with Crippen LogP contribution in [0.4, 0.5) is 0 Å². The number of aliphatic hydroxyl groups excluding tert-OH is 1. The lowest BCUT2D eigenvalue weighted by Gasteiger charge is -2.33. The summed E-state index contributed by atoms with van der Waals surface area (Å²) in [6.07, 6.45) is 7.34. The van der Waals surface area contributed by atoms with Gasteiger partial charge >= 0.3 is 0 Å². The monoisotopic (exact) mass is 288 g/mol. The maximum atomic E-state index is 10.6. The highest BCUT2D eigenvalue weighted by molar-refractivity contribution is 5.29. The SMILES string of the molecule is CC(C)C1CCC(C(O)c2ccc(OC3CC3)cc2)CC1. The van der Waals surface area contributed by atoms with Crippen LogP contribution >= 0.6 is 0 Å². The zero-order valence-electron chi connectivity index (χ0n) is 13.3. The summed E-state index contributed by atoms with van der Waals surface area (Å²) in [5, 5.41) is 10.6. The molecule has 116 valence electrons. The van der Waals surface area contributed by atoms with Crippen LogP contribution < -0.4 is 4.74 Å². The first kappa shape index (κ1) is 14.9. The first-order valence-electron chi connectivity index (χ1n) is 8.58. The van der Waals surface area contributed by atoms with E-state index in [1.165, 1.54) is 25.7 Å². The molecular formula is C19H28O2. The predicted molar refractivity (Wildman–Crippen MR) is 85.3 cm³/mol. The Balaban J connectivity index is 1.56. The van der Waals surface area contributed by atoms with Crippen molar-refractivity contribution in [3.63, 3.8) is 0 Å². The Morgan fingerprint density at radius 2 is 1.48 bits per heavy atom. The van der Waals surface area contributed by atoms with Gasteiger partial charge in [0.05, 0.1) is 12.2 Å². The van der Waals surface area contributed by atoms with E-state index in [0.29, 0.717) is 12.0 Å². The molecule has 2 nitrogen and oxygen atoms in total. The minimum absolute atomic E-state index is 0.312. The highest BCUT2D eigenvalue weighted by atomic mass is 16.5. The Bertz CT molecular complexity index is 439. The van der Waals surface area contributed by atoms with Crippen molar-refractivity contribution in [2.75, 3.05) is 0 Å². The van der Waals surface area contributed by atoms with Crippen LogP contribution in [0.25, 0.3) is 0 Å². The largest absolute Gasteiger partial charge is 0.490 e. The topological polar surface area (TPSA) is 29.5 Å². The summed E-state index contributed by atoms with van der Waals surface area (Å²) in [6, 6.07) is 8.10. The molecule has 0 bridgehead atoms. The smallest absolute Gasteiger partial charge is 0.119 e. The van der Waals surface area contributed by atoms with Gasteiger partial charge < -0.3 is 9.84 Å². The molecule has 0 heterocycles. The first-order chi connectivity index (χ1) is 10.1. The lowest BCUT2D eigenvalue weighted by molar-refractivity contribution is 0.0667. The highest BCUT2D eigenvalue weighted by Crippen LogP contribution is 2.39. The van der Waals surface area contributed by atoms with Gasteiger partial charge in [0.2, 0.25) is 0 Å². The molecule has 1 unspecified atom stereocenters. The fourth-order valence-electron chi connectivity index (χ4n) is 3.52. The third-order valence-electron chi connectivity index (χ3n) is 5.25. The molecule has 0 aliphatic heterocycles. The molecule has 2 heteroatoms. The fourth-order valence-corrected chi connectivity index (χ4v) is 3.52. The van der Waals surface area contributed by atoms with Crippen LogP contribution in [0.15, 0.2) is 24.3 Å². The Kier molecular flexibility index (Phi) is 4.54. The quantitative estimate of drug-likeness (QED) is 0.849. The van der Waals surface area contributed by atoms with Crippen LogP contribution in [0.3, 0.4) is 0 Å². The summed E-state index contributed by atoms with van der Waals surface area (Å²) >= 11 is 0. The van der Waals surface area contributed by atoms with E-state index in [9.17, 15) is 5.11 Å². The van der Waals surface area contributed by atoms with Crippen molar-refractivity contribution in [3.8, 4) is 5.75 Å². The van der Waals surface area contributed by atoms with Gasteiger partial charge in [-0.05, 0) is 74.0 Å². The molecule has 2 fully saturated rings. The van der Waals surface area contributed by atoms with Gasteiger partial charge in [-0.3, -0.25) is 0 Å². The molecule has 2 aliphatic rings. The molecule has 2 aliphatic carbocycles.